The Morgan fingerprint density at radius 3 is 2.66 bits per heavy atom. The summed E-state index contributed by atoms with van der Waals surface area (Å²) in [5, 5.41) is 7.73. The number of carbonyl (C=O) groups excluding carboxylic acids is 1. The lowest BCUT2D eigenvalue weighted by Gasteiger charge is -2.22. The number of ether oxygens (including phenoxy) is 2. The first-order chi connectivity index (χ1) is 19.9. The van der Waals surface area contributed by atoms with Crippen molar-refractivity contribution in [1.82, 2.24) is 9.66 Å². The number of halogens is 2. The molecule has 1 aliphatic carbocycles. The molecular formula is C31H30BrFN4O4. The predicted octanol–water partition coefficient (Wildman–Crippen LogP) is 6.64. The molecule has 0 unspecified atom stereocenters. The third kappa shape index (κ3) is 6.82. The summed E-state index contributed by atoms with van der Waals surface area (Å²) in [4.78, 5) is 30.8. The molecule has 0 spiro atoms. The number of nitrogens with one attached hydrogen (secondary N) is 1. The van der Waals surface area contributed by atoms with Gasteiger partial charge in [-0.15, -0.1) is 0 Å². The molecule has 0 atom stereocenters. The Morgan fingerprint density at radius 2 is 1.88 bits per heavy atom. The lowest BCUT2D eigenvalue weighted by molar-refractivity contribution is -0.118. The maximum atomic E-state index is 13.5. The number of hydrogen-bond donors (Lipinski definition) is 1. The molecule has 1 amide bonds. The maximum absolute atomic E-state index is 13.5. The van der Waals surface area contributed by atoms with Gasteiger partial charge in [0.1, 0.15) is 11.6 Å². The van der Waals surface area contributed by atoms with Crippen molar-refractivity contribution in [3.05, 3.63) is 92.7 Å². The Labute approximate surface area is 245 Å². The third-order valence-electron chi connectivity index (χ3n) is 6.89. The lowest BCUT2D eigenvalue weighted by atomic mass is 9.88. The average molecular weight is 622 g/mol. The molecular weight excluding hydrogens is 591 g/mol. The molecule has 0 bridgehead atoms. The van der Waals surface area contributed by atoms with Gasteiger partial charge in [0.15, 0.2) is 18.1 Å². The first-order valence-corrected chi connectivity index (χ1v) is 14.4. The minimum Gasteiger partial charge on any atom is -0.490 e. The molecule has 10 heteroatoms. The van der Waals surface area contributed by atoms with E-state index in [0.29, 0.717) is 50.6 Å². The number of fused-ring (bicyclic) bond motifs is 1. The number of anilines is 1. The number of rotatable bonds is 9. The summed E-state index contributed by atoms with van der Waals surface area (Å²) < 4.78 is 27.0. The highest BCUT2D eigenvalue weighted by atomic mass is 79.9. The number of carbonyl (C=O) groups is 1. The van der Waals surface area contributed by atoms with Crippen molar-refractivity contribution in [2.75, 3.05) is 18.5 Å². The van der Waals surface area contributed by atoms with Gasteiger partial charge in [0.25, 0.3) is 11.5 Å². The third-order valence-corrected chi connectivity index (χ3v) is 7.58. The van der Waals surface area contributed by atoms with Gasteiger partial charge < -0.3 is 14.8 Å². The lowest BCUT2D eigenvalue weighted by Crippen LogP contribution is -2.25. The second-order valence-electron chi connectivity index (χ2n) is 9.78. The summed E-state index contributed by atoms with van der Waals surface area (Å²) in [6, 6.07) is 16.4. The van der Waals surface area contributed by atoms with Gasteiger partial charge in [-0.05, 0) is 78.2 Å². The predicted molar refractivity (Wildman–Crippen MR) is 161 cm³/mol. The summed E-state index contributed by atoms with van der Waals surface area (Å²) in [5.41, 5.74) is 1.45. The fourth-order valence-electron chi connectivity index (χ4n) is 4.93. The van der Waals surface area contributed by atoms with Gasteiger partial charge in [-0.1, -0.05) is 37.5 Å². The fourth-order valence-corrected chi connectivity index (χ4v) is 5.36. The van der Waals surface area contributed by atoms with Crippen LogP contribution in [0.5, 0.6) is 11.5 Å². The zero-order valence-electron chi connectivity index (χ0n) is 22.6. The van der Waals surface area contributed by atoms with E-state index in [2.05, 4.69) is 26.3 Å². The highest BCUT2D eigenvalue weighted by molar-refractivity contribution is 9.10. The molecule has 41 heavy (non-hydrogen) atoms. The van der Waals surface area contributed by atoms with Crippen LogP contribution in [0, 0.1) is 5.82 Å². The summed E-state index contributed by atoms with van der Waals surface area (Å²) in [7, 11) is 0. The Hall–Kier alpha value is -4.05. The van der Waals surface area contributed by atoms with Crippen molar-refractivity contribution in [3.63, 3.8) is 0 Å². The number of hydrogen-bond acceptors (Lipinski definition) is 6. The molecule has 5 rings (SSSR count). The van der Waals surface area contributed by atoms with Crippen molar-refractivity contribution in [2.45, 2.75) is 44.9 Å². The quantitative estimate of drug-likeness (QED) is 0.212. The Kier molecular flexibility index (Phi) is 9.08. The van der Waals surface area contributed by atoms with Crippen molar-refractivity contribution in [1.29, 1.82) is 0 Å². The molecule has 1 heterocycles. The molecule has 1 aromatic heterocycles. The van der Waals surface area contributed by atoms with Gasteiger partial charge in [-0.3, -0.25) is 9.59 Å². The van der Waals surface area contributed by atoms with E-state index in [1.165, 1.54) is 29.3 Å². The van der Waals surface area contributed by atoms with Gasteiger partial charge >= 0.3 is 0 Å². The number of para-hydroxylation sites is 1. The van der Waals surface area contributed by atoms with Crippen molar-refractivity contribution in [3.8, 4) is 11.5 Å². The Morgan fingerprint density at radius 1 is 1.10 bits per heavy atom. The van der Waals surface area contributed by atoms with Crippen LogP contribution in [-0.2, 0) is 4.79 Å². The number of amides is 1. The number of aromatic nitrogens is 2. The summed E-state index contributed by atoms with van der Waals surface area (Å²) >= 11 is 3.56. The van der Waals surface area contributed by atoms with Crippen molar-refractivity contribution in [2.24, 2.45) is 5.10 Å². The summed E-state index contributed by atoms with van der Waals surface area (Å²) in [5.74, 6) is 0.698. The van der Waals surface area contributed by atoms with Crippen LogP contribution in [0.15, 0.2) is 75.0 Å². The first kappa shape index (κ1) is 28.5. The smallest absolute Gasteiger partial charge is 0.282 e. The molecule has 1 fully saturated rings. The fraction of sp³-hybridized carbons (Fsp3) is 0.290. The second kappa shape index (κ2) is 13.1. The Balaban J connectivity index is 1.42. The van der Waals surface area contributed by atoms with Crippen LogP contribution >= 0.6 is 15.9 Å². The zero-order valence-corrected chi connectivity index (χ0v) is 24.2. The zero-order chi connectivity index (χ0) is 28.8. The van der Waals surface area contributed by atoms with E-state index >= 15 is 0 Å². The van der Waals surface area contributed by atoms with Gasteiger partial charge in [0, 0.05) is 21.6 Å². The van der Waals surface area contributed by atoms with Gasteiger partial charge in [-0.2, -0.15) is 9.78 Å². The molecule has 8 nitrogen and oxygen atoms in total. The van der Waals surface area contributed by atoms with Crippen LogP contribution in [0.4, 0.5) is 10.1 Å². The van der Waals surface area contributed by atoms with Crippen LogP contribution in [0.3, 0.4) is 0 Å². The molecule has 1 saturated carbocycles. The van der Waals surface area contributed by atoms with Crippen LogP contribution in [0.25, 0.3) is 10.9 Å². The Bertz CT molecular complexity index is 1650. The van der Waals surface area contributed by atoms with E-state index in [9.17, 15) is 14.0 Å². The maximum Gasteiger partial charge on any atom is 0.282 e. The highest BCUT2D eigenvalue weighted by Crippen LogP contribution is 2.34. The van der Waals surface area contributed by atoms with E-state index in [-0.39, 0.29) is 18.1 Å². The number of benzene rings is 3. The van der Waals surface area contributed by atoms with Crippen LogP contribution in [-0.4, -0.2) is 35.0 Å². The van der Waals surface area contributed by atoms with Gasteiger partial charge in [0.2, 0.25) is 0 Å². The first-order valence-electron chi connectivity index (χ1n) is 13.6. The van der Waals surface area contributed by atoms with E-state index in [0.717, 1.165) is 25.7 Å². The molecule has 0 aliphatic heterocycles. The second-order valence-corrected chi connectivity index (χ2v) is 10.6. The van der Waals surface area contributed by atoms with E-state index < -0.39 is 11.7 Å². The van der Waals surface area contributed by atoms with Crippen LogP contribution in [0.1, 0.15) is 56.3 Å². The minimum absolute atomic E-state index is 0.162. The van der Waals surface area contributed by atoms with Crippen molar-refractivity contribution >= 4 is 44.6 Å². The molecule has 3 aromatic carbocycles. The van der Waals surface area contributed by atoms with E-state index in [4.69, 9.17) is 14.5 Å². The normalized spacial score (nSPS) is 13.9. The topological polar surface area (TPSA) is 94.8 Å². The van der Waals surface area contributed by atoms with Crippen LogP contribution < -0.4 is 20.3 Å². The van der Waals surface area contributed by atoms with Crippen LogP contribution in [0.2, 0.25) is 0 Å². The monoisotopic (exact) mass is 620 g/mol. The highest BCUT2D eigenvalue weighted by Gasteiger charge is 2.22. The average Bonchev–Trinajstić information content (AvgIpc) is 2.97. The largest absolute Gasteiger partial charge is 0.490 e. The van der Waals surface area contributed by atoms with E-state index in [1.807, 2.05) is 25.1 Å². The molecule has 1 N–H and O–H groups in total. The minimum atomic E-state index is -0.448. The van der Waals surface area contributed by atoms with Gasteiger partial charge in [0.05, 0.1) is 23.7 Å². The summed E-state index contributed by atoms with van der Waals surface area (Å²) in [6.45, 7) is 1.90. The van der Waals surface area contributed by atoms with Crippen molar-refractivity contribution < 1.29 is 18.7 Å². The van der Waals surface area contributed by atoms with E-state index in [1.54, 1.807) is 30.5 Å². The van der Waals surface area contributed by atoms with Gasteiger partial charge in [-0.25, -0.2) is 9.37 Å². The molecule has 1 aliphatic rings. The standard InChI is InChI=1S/C31H30BrFN4O4/c1-2-40-27-15-21(25(32)17-28(27)41-19-29(38)35-23-12-8-11-22(33)16-23)18-34-37-30(20-9-4-3-5-10-20)36-26-14-7-6-13-24(26)31(37)39/h6-8,11-18,20H,2-5,9-10,19H2,1H3,(H,35,38). The molecule has 212 valence electrons. The molecule has 0 radical (unpaired) electrons. The SMILES string of the molecule is CCOc1cc(C=Nn2c(C3CCCCC3)nc3ccccc3c2=O)c(Br)cc1OCC(=O)Nc1cccc(F)c1. The molecule has 0 saturated heterocycles. The summed E-state index contributed by atoms with van der Waals surface area (Å²) in [6.07, 6.45) is 6.92. The number of nitrogens with zero attached hydrogens (tertiary/aromatic N) is 3. The molecule has 4 aromatic rings.